The zero-order valence-electron chi connectivity index (χ0n) is 21.0. The van der Waals surface area contributed by atoms with Gasteiger partial charge in [-0.1, -0.05) is 42.5 Å². The number of hydrogen-bond donors (Lipinski definition) is 2. The third kappa shape index (κ3) is 5.14. The van der Waals surface area contributed by atoms with E-state index in [4.69, 9.17) is 19.0 Å². The van der Waals surface area contributed by atoms with Crippen LogP contribution in [0.15, 0.2) is 52.9 Å². The van der Waals surface area contributed by atoms with E-state index in [2.05, 4.69) is 20.5 Å². The third-order valence-electron chi connectivity index (χ3n) is 6.51. The van der Waals surface area contributed by atoms with E-state index in [1.165, 1.54) is 7.11 Å². The molecule has 11 heteroatoms. The molecule has 1 aliphatic heterocycles. The highest BCUT2D eigenvalue weighted by Crippen LogP contribution is 2.33. The molecule has 196 valence electrons. The van der Waals surface area contributed by atoms with Crippen LogP contribution in [0.2, 0.25) is 0 Å². The van der Waals surface area contributed by atoms with Crippen molar-refractivity contribution < 1.29 is 28.6 Å². The van der Waals surface area contributed by atoms with E-state index in [1.807, 2.05) is 42.5 Å². The number of methoxy groups -OCH3 is 2. The normalized spacial score (nSPS) is 15.1. The Morgan fingerprint density at radius 3 is 2.71 bits per heavy atom. The fourth-order valence-corrected chi connectivity index (χ4v) is 4.58. The molecule has 2 N–H and O–H groups in total. The molecule has 1 aliphatic rings. The minimum absolute atomic E-state index is 0.00200. The molecule has 4 aromatic rings. The topological polar surface area (TPSA) is 140 Å². The molecule has 5 rings (SSSR count). The summed E-state index contributed by atoms with van der Waals surface area (Å²) in [7, 11) is 3.04. The van der Waals surface area contributed by atoms with E-state index in [0.29, 0.717) is 30.8 Å². The van der Waals surface area contributed by atoms with Gasteiger partial charge < -0.3 is 29.2 Å². The van der Waals surface area contributed by atoms with E-state index in [9.17, 15) is 9.59 Å². The number of aromatic nitrogens is 3. The average molecular weight is 518 g/mol. The van der Waals surface area contributed by atoms with Gasteiger partial charge in [0, 0.05) is 26.6 Å². The van der Waals surface area contributed by atoms with Crippen LogP contribution in [0.5, 0.6) is 5.88 Å². The van der Waals surface area contributed by atoms with Gasteiger partial charge in [-0.2, -0.15) is 4.98 Å². The summed E-state index contributed by atoms with van der Waals surface area (Å²) in [6.07, 6.45) is 1.19. The van der Waals surface area contributed by atoms with Crippen molar-refractivity contribution in [3.63, 3.8) is 0 Å². The van der Waals surface area contributed by atoms with Crippen molar-refractivity contribution in [3.8, 4) is 17.5 Å². The lowest BCUT2D eigenvalue weighted by Crippen LogP contribution is -2.31. The number of carboxylic acid groups (broad SMARTS) is 1. The van der Waals surface area contributed by atoms with Crippen molar-refractivity contribution in [1.82, 2.24) is 20.1 Å². The van der Waals surface area contributed by atoms with Gasteiger partial charge in [0.1, 0.15) is 6.54 Å². The Kier molecular flexibility index (Phi) is 7.18. The number of rotatable bonds is 9. The highest BCUT2D eigenvalue weighted by atomic mass is 16.5. The number of oxazole rings is 1. The number of carboxylic acids is 1. The van der Waals surface area contributed by atoms with Crippen LogP contribution in [0.4, 0.5) is 5.88 Å². The number of nitrogens with zero attached hydrogens (tertiary/aromatic N) is 4. The molecule has 3 heterocycles. The molecule has 38 heavy (non-hydrogen) atoms. The summed E-state index contributed by atoms with van der Waals surface area (Å²) >= 11 is 0. The number of benzene rings is 2. The second-order valence-electron chi connectivity index (χ2n) is 8.92. The predicted octanol–water partition coefficient (Wildman–Crippen LogP) is 3.24. The molecular formula is C27H27N5O6. The maximum Gasteiger partial charge on any atom is 0.322 e. The Balaban J connectivity index is 1.56. The molecule has 1 amide bonds. The molecule has 1 atom stereocenters. The number of carbonyl (C=O) groups excluding carboxylic acids is 1. The first-order valence-electron chi connectivity index (χ1n) is 12.1. The van der Waals surface area contributed by atoms with Gasteiger partial charge in [0.05, 0.1) is 13.2 Å². The summed E-state index contributed by atoms with van der Waals surface area (Å²) in [6.45, 7) is 0.688. The van der Waals surface area contributed by atoms with Crippen LogP contribution in [-0.2, 0) is 16.0 Å². The van der Waals surface area contributed by atoms with Gasteiger partial charge in [-0.15, -0.1) is 10.2 Å². The molecule has 0 bridgehead atoms. The summed E-state index contributed by atoms with van der Waals surface area (Å²) in [5.41, 5.74) is 2.24. The number of carbonyl (C=O) groups is 2. The van der Waals surface area contributed by atoms with Gasteiger partial charge >= 0.3 is 5.97 Å². The number of hydrogen-bond acceptors (Lipinski definition) is 9. The number of ether oxygens (including phenoxy) is 2. The molecule has 1 unspecified atom stereocenters. The summed E-state index contributed by atoms with van der Waals surface area (Å²) in [5, 5.41) is 22.4. The van der Waals surface area contributed by atoms with Crippen molar-refractivity contribution in [1.29, 1.82) is 0 Å². The molecule has 0 aliphatic carbocycles. The van der Waals surface area contributed by atoms with Crippen molar-refractivity contribution in [3.05, 3.63) is 65.4 Å². The quantitative estimate of drug-likeness (QED) is 0.340. The first kappa shape index (κ1) is 25.2. The molecule has 0 radical (unpaired) electrons. The largest absolute Gasteiger partial charge is 0.480 e. The molecule has 0 saturated carbocycles. The Morgan fingerprint density at radius 2 is 1.95 bits per heavy atom. The number of aliphatic carboxylic acids is 1. The second kappa shape index (κ2) is 10.9. The highest BCUT2D eigenvalue weighted by molar-refractivity contribution is 5.93. The molecule has 2 aromatic carbocycles. The average Bonchev–Trinajstić information content (AvgIpc) is 3.59. The minimum atomic E-state index is -1.07. The van der Waals surface area contributed by atoms with E-state index in [0.717, 1.165) is 22.8 Å². The zero-order chi connectivity index (χ0) is 26.6. The molecule has 1 saturated heterocycles. The van der Waals surface area contributed by atoms with Crippen LogP contribution in [0.25, 0.3) is 22.4 Å². The molecule has 1 fully saturated rings. The van der Waals surface area contributed by atoms with E-state index >= 15 is 0 Å². The second-order valence-corrected chi connectivity index (χ2v) is 8.92. The summed E-state index contributed by atoms with van der Waals surface area (Å²) < 4.78 is 16.5. The summed E-state index contributed by atoms with van der Waals surface area (Å²) in [4.78, 5) is 30.4. The Bertz CT molecular complexity index is 1480. The van der Waals surface area contributed by atoms with Crippen LogP contribution >= 0.6 is 0 Å². The van der Waals surface area contributed by atoms with Crippen molar-refractivity contribution in [2.24, 2.45) is 0 Å². The number of fused-ring (bicyclic) bond motifs is 1. The standard InChI is InChI=1S/C27H27N5O6/c1-36-19-10-11-32(15-19)27(35)21-13-18(12-17-8-5-7-16-6-3-4-9-20(16)17)23(31-30-21)24-29-26(37-2)25(38-24)28-14-22(33)34/h3-9,13,19,28H,10-12,14-15H2,1-2H3,(H,33,34). The van der Waals surface area contributed by atoms with Gasteiger partial charge in [-0.25, -0.2) is 0 Å². The SMILES string of the molecule is COc1nc(-c2nnc(C(=O)N3CCC(OC)C3)cc2Cc2cccc3ccccc23)oc1NCC(=O)O. The van der Waals surface area contributed by atoms with E-state index in [1.54, 1.807) is 18.1 Å². The third-order valence-corrected chi connectivity index (χ3v) is 6.51. The lowest BCUT2D eigenvalue weighted by molar-refractivity contribution is -0.134. The van der Waals surface area contributed by atoms with Crippen LogP contribution in [0, 0.1) is 0 Å². The first-order chi connectivity index (χ1) is 18.5. The maximum atomic E-state index is 13.3. The van der Waals surface area contributed by atoms with Gasteiger partial charge in [0.15, 0.2) is 11.4 Å². The predicted molar refractivity (Wildman–Crippen MR) is 138 cm³/mol. The monoisotopic (exact) mass is 517 g/mol. The number of amides is 1. The Morgan fingerprint density at radius 1 is 1.13 bits per heavy atom. The fraction of sp³-hybridized carbons (Fsp3) is 0.296. The van der Waals surface area contributed by atoms with Gasteiger partial charge in [-0.05, 0) is 34.4 Å². The van der Waals surface area contributed by atoms with Crippen molar-refractivity contribution in [2.45, 2.75) is 18.9 Å². The summed E-state index contributed by atoms with van der Waals surface area (Å²) in [6, 6.07) is 15.8. The molecular weight excluding hydrogens is 490 g/mol. The first-order valence-corrected chi connectivity index (χ1v) is 12.1. The molecule has 2 aromatic heterocycles. The van der Waals surface area contributed by atoms with Crippen LogP contribution < -0.4 is 10.1 Å². The lowest BCUT2D eigenvalue weighted by atomic mass is 9.97. The molecule has 11 nitrogen and oxygen atoms in total. The van der Waals surface area contributed by atoms with E-state index in [-0.39, 0.29) is 41.9 Å². The maximum absolute atomic E-state index is 13.3. The number of likely N-dealkylation sites (tertiary alicyclic amines) is 1. The van der Waals surface area contributed by atoms with Crippen LogP contribution in [0.1, 0.15) is 28.0 Å². The Labute approximate surface area is 218 Å². The van der Waals surface area contributed by atoms with Crippen LogP contribution in [0.3, 0.4) is 0 Å². The van der Waals surface area contributed by atoms with Gasteiger partial charge in [0.25, 0.3) is 23.6 Å². The van der Waals surface area contributed by atoms with Crippen molar-refractivity contribution >= 4 is 28.5 Å². The zero-order valence-corrected chi connectivity index (χ0v) is 21.0. The Hall–Kier alpha value is -4.51. The fourth-order valence-electron chi connectivity index (χ4n) is 4.58. The van der Waals surface area contributed by atoms with Gasteiger partial charge in [0.2, 0.25) is 0 Å². The summed E-state index contributed by atoms with van der Waals surface area (Å²) in [5.74, 6) is -1.05. The van der Waals surface area contributed by atoms with E-state index < -0.39 is 5.97 Å². The van der Waals surface area contributed by atoms with Crippen LogP contribution in [-0.4, -0.2) is 77.0 Å². The lowest BCUT2D eigenvalue weighted by Gasteiger charge is -2.16. The van der Waals surface area contributed by atoms with Crippen molar-refractivity contribution in [2.75, 3.05) is 39.2 Å². The highest BCUT2D eigenvalue weighted by Gasteiger charge is 2.29. The molecule has 0 spiro atoms. The minimum Gasteiger partial charge on any atom is -0.480 e. The number of nitrogens with one attached hydrogen (secondary N) is 1. The van der Waals surface area contributed by atoms with Gasteiger partial charge in [-0.3, -0.25) is 9.59 Å². The smallest absolute Gasteiger partial charge is 0.322 e. The number of anilines is 1.